The van der Waals surface area contributed by atoms with Gasteiger partial charge in [0.25, 0.3) is 0 Å². The molecule has 0 fully saturated rings. The summed E-state index contributed by atoms with van der Waals surface area (Å²) in [6.45, 7) is -2.82. The van der Waals surface area contributed by atoms with Crippen molar-refractivity contribution in [3.63, 3.8) is 0 Å². The highest BCUT2D eigenvalue weighted by atomic mass is 19.3. The molecular formula is C9H6F2N2O. The molecule has 0 atom stereocenters. The molecule has 72 valence electrons. The zero-order valence-corrected chi connectivity index (χ0v) is 7.02. The molecule has 2 aromatic rings. The van der Waals surface area contributed by atoms with Gasteiger partial charge in [0.15, 0.2) is 0 Å². The van der Waals surface area contributed by atoms with E-state index in [2.05, 4.69) is 14.7 Å². The Bertz CT molecular complexity index is 448. The van der Waals surface area contributed by atoms with Crippen molar-refractivity contribution in [2.24, 2.45) is 0 Å². The number of ether oxygens (including phenoxy) is 1. The maximum atomic E-state index is 11.9. The van der Waals surface area contributed by atoms with Crippen molar-refractivity contribution in [3.8, 4) is 5.75 Å². The summed E-state index contributed by atoms with van der Waals surface area (Å²) in [5.41, 5.74) is 1.18. The first kappa shape index (κ1) is 8.80. The van der Waals surface area contributed by atoms with Crippen LogP contribution in [0.15, 0.2) is 30.6 Å². The lowest BCUT2D eigenvalue weighted by atomic mass is 10.3. The maximum Gasteiger partial charge on any atom is 0.387 e. The van der Waals surface area contributed by atoms with Crippen LogP contribution in [0.5, 0.6) is 5.75 Å². The molecule has 2 rings (SSSR count). The molecule has 0 aliphatic rings. The molecule has 0 radical (unpaired) electrons. The van der Waals surface area contributed by atoms with Crippen LogP contribution in [0.4, 0.5) is 8.78 Å². The zero-order chi connectivity index (χ0) is 9.97. The molecule has 0 spiro atoms. The van der Waals surface area contributed by atoms with Crippen molar-refractivity contribution in [2.45, 2.75) is 6.61 Å². The van der Waals surface area contributed by atoms with E-state index in [0.29, 0.717) is 11.0 Å². The molecular weight excluding hydrogens is 190 g/mol. The molecule has 0 N–H and O–H groups in total. The lowest BCUT2D eigenvalue weighted by Crippen LogP contribution is -2.01. The van der Waals surface area contributed by atoms with E-state index >= 15 is 0 Å². The van der Waals surface area contributed by atoms with Crippen LogP contribution >= 0.6 is 0 Å². The van der Waals surface area contributed by atoms with E-state index in [9.17, 15) is 8.78 Å². The number of rotatable bonds is 2. The monoisotopic (exact) mass is 196 g/mol. The van der Waals surface area contributed by atoms with Gasteiger partial charge in [-0.25, -0.2) is 0 Å². The van der Waals surface area contributed by atoms with E-state index in [4.69, 9.17) is 0 Å². The van der Waals surface area contributed by atoms with Crippen LogP contribution in [0.1, 0.15) is 0 Å². The Labute approximate surface area is 78.4 Å². The van der Waals surface area contributed by atoms with Crippen LogP contribution in [0.3, 0.4) is 0 Å². The fourth-order valence-electron chi connectivity index (χ4n) is 1.12. The topological polar surface area (TPSA) is 35.0 Å². The smallest absolute Gasteiger partial charge is 0.387 e. The van der Waals surface area contributed by atoms with Crippen LogP contribution in [0, 0.1) is 0 Å². The first-order chi connectivity index (χ1) is 6.75. The predicted octanol–water partition coefficient (Wildman–Crippen LogP) is 2.23. The highest BCUT2D eigenvalue weighted by Crippen LogP contribution is 2.18. The number of fused-ring (bicyclic) bond motifs is 1. The number of halogens is 2. The molecule has 3 nitrogen and oxygen atoms in total. The van der Waals surface area contributed by atoms with Crippen molar-refractivity contribution >= 4 is 11.0 Å². The van der Waals surface area contributed by atoms with E-state index in [1.165, 1.54) is 24.5 Å². The number of nitrogens with zero attached hydrogens (tertiary/aromatic N) is 2. The van der Waals surface area contributed by atoms with Crippen molar-refractivity contribution in [3.05, 3.63) is 30.6 Å². The van der Waals surface area contributed by atoms with E-state index < -0.39 is 6.61 Å². The number of aromatic nitrogens is 2. The average Bonchev–Trinajstić information content (AvgIpc) is 2.17. The molecule has 0 unspecified atom stereocenters. The minimum absolute atomic E-state index is 0.0907. The third-order valence-corrected chi connectivity index (χ3v) is 1.67. The standard InChI is InChI=1S/C9H6F2N2O/c10-9(11)14-6-1-2-7-8(5-6)13-4-3-12-7/h1-5,9H. The van der Waals surface area contributed by atoms with E-state index in [-0.39, 0.29) is 5.75 Å². The van der Waals surface area contributed by atoms with Crippen LogP contribution in [0.25, 0.3) is 11.0 Å². The van der Waals surface area contributed by atoms with Gasteiger partial charge in [-0.05, 0) is 12.1 Å². The first-order valence-corrected chi connectivity index (χ1v) is 3.91. The van der Waals surface area contributed by atoms with Gasteiger partial charge in [0.05, 0.1) is 11.0 Å². The fourth-order valence-corrected chi connectivity index (χ4v) is 1.12. The molecule has 1 aromatic carbocycles. The summed E-state index contributed by atoms with van der Waals surface area (Å²) >= 11 is 0. The van der Waals surface area contributed by atoms with Crippen molar-refractivity contribution in [1.29, 1.82) is 0 Å². The lowest BCUT2D eigenvalue weighted by molar-refractivity contribution is -0.0497. The number of benzene rings is 1. The SMILES string of the molecule is FC(F)Oc1ccc2nccnc2c1. The largest absolute Gasteiger partial charge is 0.435 e. The van der Waals surface area contributed by atoms with Gasteiger partial charge in [0.1, 0.15) is 5.75 Å². The molecule has 0 aliphatic heterocycles. The van der Waals surface area contributed by atoms with E-state index in [1.54, 1.807) is 6.07 Å². The second kappa shape index (κ2) is 3.53. The van der Waals surface area contributed by atoms with Gasteiger partial charge in [-0.2, -0.15) is 8.78 Å². The second-order valence-corrected chi connectivity index (χ2v) is 2.59. The summed E-state index contributed by atoms with van der Waals surface area (Å²) in [6.07, 6.45) is 3.03. The number of hydrogen-bond donors (Lipinski definition) is 0. The number of alkyl halides is 2. The average molecular weight is 196 g/mol. The third kappa shape index (κ3) is 1.76. The van der Waals surface area contributed by atoms with Crippen LogP contribution in [-0.4, -0.2) is 16.6 Å². The van der Waals surface area contributed by atoms with E-state index in [0.717, 1.165) is 0 Å². The summed E-state index contributed by atoms with van der Waals surface area (Å²) in [4.78, 5) is 7.96. The Balaban J connectivity index is 2.41. The van der Waals surface area contributed by atoms with Crippen molar-refractivity contribution < 1.29 is 13.5 Å². The van der Waals surface area contributed by atoms with Crippen molar-refractivity contribution in [1.82, 2.24) is 9.97 Å². The van der Waals surface area contributed by atoms with Gasteiger partial charge in [0, 0.05) is 18.5 Å². The Morgan fingerprint density at radius 1 is 1.07 bits per heavy atom. The number of hydrogen-bond acceptors (Lipinski definition) is 3. The summed E-state index contributed by atoms with van der Waals surface area (Å²) in [7, 11) is 0. The highest BCUT2D eigenvalue weighted by molar-refractivity contribution is 5.75. The van der Waals surface area contributed by atoms with Gasteiger partial charge in [-0.3, -0.25) is 9.97 Å². The Hall–Kier alpha value is -1.78. The van der Waals surface area contributed by atoms with Gasteiger partial charge in [-0.15, -0.1) is 0 Å². The summed E-state index contributed by atoms with van der Waals surface area (Å²) in [6, 6.07) is 4.44. The maximum absolute atomic E-state index is 11.9. The molecule has 0 amide bonds. The minimum Gasteiger partial charge on any atom is -0.435 e. The summed E-state index contributed by atoms with van der Waals surface area (Å²) in [5.74, 6) is 0.0907. The fraction of sp³-hybridized carbons (Fsp3) is 0.111. The molecule has 14 heavy (non-hydrogen) atoms. The molecule has 1 heterocycles. The van der Waals surface area contributed by atoms with Gasteiger partial charge >= 0.3 is 6.61 Å². The molecule has 1 aromatic heterocycles. The Morgan fingerprint density at radius 3 is 2.50 bits per heavy atom. The first-order valence-electron chi connectivity index (χ1n) is 3.91. The predicted molar refractivity (Wildman–Crippen MR) is 46.2 cm³/mol. The molecule has 5 heteroatoms. The lowest BCUT2D eigenvalue weighted by Gasteiger charge is -2.04. The minimum atomic E-state index is -2.82. The third-order valence-electron chi connectivity index (χ3n) is 1.67. The summed E-state index contributed by atoms with van der Waals surface area (Å²) in [5, 5.41) is 0. The highest BCUT2D eigenvalue weighted by Gasteiger charge is 2.04. The van der Waals surface area contributed by atoms with Gasteiger partial charge < -0.3 is 4.74 Å². The van der Waals surface area contributed by atoms with Crippen LogP contribution in [-0.2, 0) is 0 Å². The molecule has 0 saturated heterocycles. The van der Waals surface area contributed by atoms with Crippen LogP contribution in [0.2, 0.25) is 0 Å². The Morgan fingerprint density at radius 2 is 1.79 bits per heavy atom. The van der Waals surface area contributed by atoms with E-state index in [1.807, 2.05) is 0 Å². The normalized spacial score (nSPS) is 10.8. The molecule has 0 aliphatic carbocycles. The zero-order valence-electron chi connectivity index (χ0n) is 7.02. The molecule has 0 bridgehead atoms. The molecule has 0 saturated carbocycles. The van der Waals surface area contributed by atoms with Crippen molar-refractivity contribution in [2.75, 3.05) is 0 Å². The van der Waals surface area contributed by atoms with Gasteiger partial charge in [-0.1, -0.05) is 0 Å². The van der Waals surface area contributed by atoms with Crippen LogP contribution < -0.4 is 4.74 Å². The summed E-state index contributed by atoms with van der Waals surface area (Å²) < 4.78 is 27.9. The Kier molecular flexibility index (Phi) is 2.22. The van der Waals surface area contributed by atoms with Gasteiger partial charge in [0.2, 0.25) is 0 Å². The quantitative estimate of drug-likeness (QED) is 0.738. The second-order valence-electron chi connectivity index (χ2n) is 2.59.